The highest BCUT2D eigenvalue weighted by Crippen LogP contribution is 2.53. The van der Waals surface area contributed by atoms with Crippen LogP contribution in [0.2, 0.25) is 0 Å². The van der Waals surface area contributed by atoms with E-state index in [2.05, 4.69) is 27.3 Å². The second kappa shape index (κ2) is 10.8. The average Bonchev–Trinajstić information content (AvgIpc) is 3.13. The maximum absolute atomic E-state index is 12.9. The van der Waals surface area contributed by atoms with Crippen molar-refractivity contribution in [2.45, 2.75) is 62.3 Å². The Kier molecular flexibility index (Phi) is 7.66. The van der Waals surface area contributed by atoms with E-state index in [9.17, 15) is 23.1 Å². The van der Waals surface area contributed by atoms with Crippen molar-refractivity contribution >= 4 is 11.7 Å². The highest BCUT2D eigenvalue weighted by Gasteiger charge is 2.53. The van der Waals surface area contributed by atoms with E-state index in [0.29, 0.717) is 30.9 Å². The van der Waals surface area contributed by atoms with Crippen LogP contribution >= 0.6 is 0 Å². The molecule has 2 saturated carbocycles. The highest BCUT2D eigenvalue weighted by molar-refractivity contribution is 5.99. The van der Waals surface area contributed by atoms with Crippen LogP contribution in [0.4, 0.5) is 19.0 Å². The zero-order chi connectivity index (χ0) is 26.9. The second-order valence-corrected chi connectivity index (χ2v) is 11.0. The minimum absolute atomic E-state index is 0.0186. The molecule has 5 rings (SSSR count). The van der Waals surface area contributed by atoms with Crippen molar-refractivity contribution in [3.05, 3.63) is 47.7 Å². The Morgan fingerprint density at radius 1 is 1.16 bits per heavy atom. The molecule has 1 saturated heterocycles. The molecule has 0 radical (unpaired) electrons. The number of ether oxygens (including phenoxy) is 1. The number of benzene rings is 1. The van der Waals surface area contributed by atoms with E-state index in [1.54, 1.807) is 12.3 Å². The Morgan fingerprint density at radius 3 is 2.55 bits per heavy atom. The second-order valence-electron chi connectivity index (χ2n) is 11.0. The number of aromatic nitrogens is 1. The molecule has 206 valence electrons. The Bertz CT molecular complexity index is 1140. The van der Waals surface area contributed by atoms with Gasteiger partial charge in [-0.25, -0.2) is 4.98 Å². The van der Waals surface area contributed by atoms with E-state index in [1.807, 2.05) is 12.1 Å². The standard InChI is InChI=1S/C28H35F3N4O3/c29-28(30,31)17-38-12-11-35-15-21-9-10-27(21,16-35)20-3-1-18(2-4-20)19-13-24(25(32)33-14-19)26(37)34-22-5-7-23(36)8-6-22/h1-4,13-14,21-23,36H,5-12,15-17H2,(H2,32,33)(H,34,37)/t21-,22-,23-,27+/m1/s1. The first kappa shape index (κ1) is 26.9. The Morgan fingerprint density at radius 2 is 1.89 bits per heavy atom. The van der Waals surface area contributed by atoms with Crippen LogP contribution in [-0.4, -0.2) is 72.1 Å². The van der Waals surface area contributed by atoms with Crippen molar-refractivity contribution < 1.29 is 27.8 Å². The zero-order valence-electron chi connectivity index (χ0n) is 21.3. The van der Waals surface area contributed by atoms with E-state index in [4.69, 9.17) is 10.5 Å². The molecule has 38 heavy (non-hydrogen) atoms. The molecule has 3 aliphatic rings. The van der Waals surface area contributed by atoms with Gasteiger partial charge in [0.15, 0.2) is 0 Å². The number of carbonyl (C=O) groups excluding carboxylic acids is 1. The van der Waals surface area contributed by atoms with Gasteiger partial charge in [-0.15, -0.1) is 0 Å². The molecule has 2 aliphatic carbocycles. The fourth-order valence-electron chi connectivity index (χ4n) is 6.26. The third-order valence-electron chi connectivity index (χ3n) is 8.51. The summed E-state index contributed by atoms with van der Waals surface area (Å²) in [4.78, 5) is 19.4. The number of hydrogen-bond acceptors (Lipinski definition) is 6. The minimum Gasteiger partial charge on any atom is -0.393 e. The largest absolute Gasteiger partial charge is 0.411 e. The fraction of sp³-hybridized carbons (Fsp3) is 0.571. The van der Waals surface area contributed by atoms with Crippen LogP contribution in [0.15, 0.2) is 36.5 Å². The number of anilines is 1. The molecule has 4 N–H and O–H groups in total. The monoisotopic (exact) mass is 532 g/mol. The maximum Gasteiger partial charge on any atom is 0.411 e. The number of amides is 1. The number of nitrogen functional groups attached to an aromatic ring is 1. The number of aliphatic hydroxyl groups excluding tert-OH is 1. The molecule has 1 amide bonds. The molecule has 1 aromatic carbocycles. The van der Waals surface area contributed by atoms with Crippen molar-refractivity contribution in [2.24, 2.45) is 5.92 Å². The number of pyridine rings is 1. The quantitative estimate of drug-likeness (QED) is 0.446. The van der Waals surface area contributed by atoms with Gasteiger partial charge in [0.2, 0.25) is 0 Å². The van der Waals surface area contributed by atoms with Crippen molar-refractivity contribution in [1.29, 1.82) is 0 Å². The van der Waals surface area contributed by atoms with Crippen molar-refractivity contribution in [2.75, 3.05) is 38.6 Å². The van der Waals surface area contributed by atoms with Gasteiger partial charge in [0.1, 0.15) is 12.4 Å². The summed E-state index contributed by atoms with van der Waals surface area (Å²) in [6, 6.07) is 10.1. The van der Waals surface area contributed by atoms with E-state index in [-0.39, 0.29) is 35.9 Å². The lowest BCUT2D eigenvalue weighted by Crippen LogP contribution is -2.43. The summed E-state index contributed by atoms with van der Waals surface area (Å²) in [5.41, 5.74) is 9.37. The van der Waals surface area contributed by atoms with Crippen LogP contribution < -0.4 is 11.1 Å². The number of fused-ring (bicyclic) bond motifs is 1. The average molecular weight is 533 g/mol. The molecule has 1 aliphatic heterocycles. The highest BCUT2D eigenvalue weighted by atomic mass is 19.4. The van der Waals surface area contributed by atoms with Gasteiger partial charge in [0, 0.05) is 42.9 Å². The van der Waals surface area contributed by atoms with Crippen molar-refractivity contribution in [1.82, 2.24) is 15.2 Å². The van der Waals surface area contributed by atoms with Crippen LogP contribution in [0.5, 0.6) is 0 Å². The van der Waals surface area contributed by atoms with Gasteiger partial charge in [-0.2, -0.15) is 13.2 Å². The molecule has 0 unspecified atom stereocenters. The summed E-state index contributed by atoms with van der Waals surface area (Å²) in [7, 11) is 0. The number of halogens is 3. The molecule has 1 aromatic heterocycles. The van der Waals surface area contributed by atoms with Crippen LogP contribution in [0.3, 0.4) is 0 Å². The van der Waals surface area contributed by atoms with E-state index in [1.165, 1.54) is 5.56 Å². The van der Waals surface area contributed by atoms with E-state index >= 15 is 0 Å². The smallest absolute Gasteiger partial charge is 0.393 e. The Balaban J connectivity index is 1.23. The molecule has 0 spiro atoms. The molecule has 0 bridgehead atoms. The van der Waals surface area contributed by atoms with Gasteiger partial charge in [0.05, 0.1) is 18.3 Å². The number of nitrogens with zero attached hydrogens (tertiary/aromatic N) is 2. The first-order chi connectivity index (χ1) is 18.1. The van der Waals surface area contributed by atoms with Crippen LogP contribution in [0.25, 0.3) is 11.1 Å². The van der Waals surface area contributed by atoms with Crippen LogP contribution in [0, 0.1) is 5.92 Å². The summed E-state index contributed by atoms with van der Waals surface area (Å²) in [5.74, 6) is 0.418. The normalized spacial score (nSPS) is 27.5. The number of aliphatic hydroxyl groups is 1. The summed E-state index contributed by atoms with van der Waals surface area (Å²) >= 11 is 0. The first-order valence-corrected chi connectivity index (χ1v) is 13.4. The molecular weight excluding hydrogens is 497 g/mol. The van der Waals surface area contributed by atoms with E-state index in [0.717, 1.165) is 49.9 Å². The van der Waals surface area contributed by atoms with Crippen LogP contribution in [-0.2, 0) is 10.2 Å². The number of alkyl halides is 3. The zero-order valence-corrected chi connectivity index (χ0v) is 21.3. The number of likely N-dealkylation sites (tertiary alicyclic amines) is 1. The summed E-state index contributed by atoms with van der Waals surface area (Å²) in [6.45, 7) is 1.06. The molecule has 2 heterocycles. The molecule has 7 nitrogen and oxygen atoms in total. The van der Waals surface area contributed by atoms with Gasteiger partial charge in [0.25, 0.3) is 5.91 Å². The molecule has 10 heteroatoms. The minimum atomic E-state index is -4.29. The van der Waals surface area contributed by atoms with Crippen molar-refractivity contribution in [3.63, 3.8) is 0 Å². The fourth-order valence-corrected chi connectivity index (χ4v) is 6.26. The van der Waals surface area contributed by atoms with Crippen molar-refractivity contribution in [3.8, 4) is 11.1 Å². The third kappa shape index (κ3) is 5.82. The SMILES string of the molecule is Nc1ncc(-c2ccc([C@@]34CC[C@@H]3CN(CCOCC(F)(F)F)C4)cc2)cc1C(=O)N[C@H]1CC[C@H](O)CC1. The molecule has 2 atom stereocenters. The lowest BCUT2D eigenvalue weighted by molar-refractivity contribution is -0.174. The molecular formula is C28H35F3N4O3. The number of nitrogens with one attached hydrogen (secondary N) is 1. The first-order valence-electron chi connectivity index (χ1n) is 13.4. The molecule has 3 fully saturated rings. The van der Waals surface area contributed by atoms with Gasteiger partial charge in [-0.1, -0.05) is 24.3 Å². The molecule has 2 aromatic rings. The topological polar surface area (TPSA) is 101 Å². The summed E-state index contributed by atoms with van der Waals surface area (Å²) < 4.78 is 41.8. The maximum atomic E-state index is 12.9. The van der Waals surface area contributed by atoms with Gasteiger partial charge in [-0.05, 0) is 61.6 Å². The lowest BCUT2D eigenvalue weighted by atomic mass is 9.58. The number of carbonyl (C=O) groups is 1. The predicted molar refractivity (Wildman–Crippen MR) is 138 cm³/mol. The predicted octanol–water partition coefficient (Wildman–Crippen LogP) is 3.91. The van der Waals surface area contributed by atoms with E-state index < -0.39 is 12.8 Å². The van der Waals surface area contributed by atoms with Gasteiger partial charge in [-0.3, -0.25) is 9.69 Å². The Hall–Kier alpha value is -2.69. The van der Waals surface area contributed by atoms with Gasteiger partial charge < -0.3 is 20.9 Å². The van der Waals surface area contributed by atoms with Crippen LogP contribution in [0.1, 0.15) is 54.4 Å². The Labute approximate surface area is 220 Å². The number of nitrogens with two attached hydrogens (primary N) is 1. The van der Waals surface area contributed by atoms with Gasteiger partial charge >= 0.3 is 6.18 Å². The summed E-state index contributed by atoms with van der Waals surface area (Å²) in [6.07, 6.45) is 2.09. The number of hydrogen-bond donors (Lipinski definition) is 3. The number of rotatable bonds is 8. The summed E-state index contributed by atoms with van der Waals surface area (Å²) in [5, 5.41) is 12.7. The third-order valence-corrected chi connectivity index (χ3v) is 8.51. The lowest BCUT2D eigenvalue weighted by Gasteiger charge is -2.45.